The highest BCUT2D eigenvalue weighted by molar-refractivity contribution is 7.93. The summed E-state index contributed by atoms with van der Waals surface area (Å²) in [6.07, 6.45) is -4.76. The van der Waals surface area contributed by atoms with Crippen LogP contribution in [0, 0.1) is 6.92 Å². The van der Waals surface area contributed by atoms with Gasteiger partial charge in [-0.2, -0.15) is 13.2 Å². The fraction of sp³-hybridized carbons (Fsp3) is 0.250. The third-order valence-electron chi connectivity index (χ3n) is 3.78. The summed E-state index contributed by atoms with van der Waals surface area (Å²) in [5, 5.41) is -0.407. The Kier molecular flexibility index (Phi) is 6.05. The topological polar surface area (TPSA) is 83.6 Å². The molecule has 154 valence electrons. The van der Waals surface area contributed by atoms with Crippen LogP contribution in [0.3, 0.4) is 0 Å². The van der Waals surface area contributed by atoms with Crippen molar-refractivity contribution in [3.63, 3.8) is 0 Å². The number of aryl methyl sites for hydroxylation is 1. The summed E-state index contributed by atoms with van der Waals surface area (Å²) in [5.74, 6) is 0. The van der Waals surface area contributed by atoms with E-state index in [0.29, 0.717) is 17.7 Å². The molecule has 2 aromatic carbocycles. The van der Waals surface area contributed by atoms with Crippen LogP contribution in [-0.2, 0) is 26.2 Å². The molecule has 0 heterocycles. The average molecular weight is 457 g/mol. The molecule has 1 N–H and O–H groups in total. The molecule has 28 heavy (non-hydrogen) atoms. The van der Waals surface area contributed by atoms with E-state index in [0.717, 1.165) is 16.4 Å². The Morgan fingerprint density at radius 3 is 2.14 bits per heavy atom. The minimum absolute atomic E-state index is 0.101. The lowest BCUT2D eigenvalue weighted by Crippen LogP contribution is -2.22. The fourth-order valence-corrected chi connectivity index (χ4v) is 4.74. The van der Waals surface area contributed by atoms with E-state index < -0.39 is 41.7 Å². The molecule has 2 rings (SSSR count). The van der Waals surface area contributed by atoms with Gasteiger partial charge in [-0.3, -0.25) is 4.72 Å². The Balaban J connectivity index is 2.54. The number of nitrogens with zero attached hydrogens (tertiary/aromatic N) is 1. The van der Waals surface area contributed by atoms with Crippen LogP contribution in [0.25, 0.3) is 0 Å². The Morgan fingerprint density at radius 1 is 1.00 bits per heavy atom. The molecule has 0 aliphatic rings. The van der Waals surface area contributed by atoms with Gasteiger partial charge in [-0.1, -0.05) is 17.7 Å². The van der Waals surface area contributed by atoms with Gasteiger partial charge in [-0.05, 0) is 42.8 Å². The zero-order valence-electron chi connectivity index (χ0n) is 14.9. The van der Waals surface area contributed by atoms with Crippen molar-refractivity contribution in [1.82, 2.24) is 4.31 Å². The number of rotatable bonds is 5. The molecule has 0 spiro atoms. The SMILES string of the molecule is Cc1ccc(S(=O)(=O)N(C)C)cc1NS(=O)(=O)c1cc(C(F)(F)F)ccc1Cl. The van der Waals surface area contributed by atoms with E-state index in [-0.39, 0.29) is 10.6 Å². The van der Waals surface area contributed by atoms with E-state index in [2.05, 4.69) is 4.72 Å². The molecule has 0 fully saturated rings. The minimum atomic E-state index is -4.76. The molecule has 0 aliphatic heterocycles. The maximum Gasteiger partial charge on any atom is 0.416 e. The predicted octanol–water partition coefficient (Wildman–Crippen LogP) is 3.72. The monoisotopic (exact) mass is 456 g/mol. The van der Waals surface area contributed by atoms with Crippen molar-refractivity contribution in [3.8, 4) is 0 Å². The number of hydrogen-bond acceptors (Lipinski definition) is 4. The summed E-state index contributed by atoms with van der Waals surface area (Å²) < 4.78 is 91.5. The van der Waals surface area contributed by atoms with Crippen molar-refractivity contribution in [2.75, 3.05) is 18.8 Å². The van der Waals surface area contributed by atoms with Gasteiger partial charge in [-0.25, -0.2) is 21.1 Å². The molecule has 12 heteroatoms. The normalized spacial score (nSPS) is 13.0. The summed E-state index contributed by atoms with van der Waals surface area (Å²) in [6, 6.07) is 5.67. The van der Waals surface area contributed by atoms with Crippen molar-refractivity contribution < 1.29 is 30.0 Å². The first-order chi connectivity index (χ1) is 12.7. The van der Waals surface area contributed by atoms with Gasteiger partial charge in [-0.15, -0.1) is 0 Å². The number of benzene rings is 2. The summed E-state index contributed by atoms with van der Waals surface area (Å²) in [4.78, 5) is -0.958. The quantitative estimate of drug-likeness (QED) is 0.743. The maximum absolute atomic E-state index is 12.9. The number of anilines is 1. The van der Waals surface area contributed by atoms with Gasteiger partial charge in [0.15, 0.2) is 0 Å². The van der Waals surface area contributed by atoms with E-state index >= 15 is 0 Å². The van der Waals surface area contributed by atoms with Crippen molar-refractivity contribution >= 4 is 37.3 Å². The summed E-state index contributed by atoms with van der Waals surface area (Å²) in [7, 11) is -5.76. The van der Waals surface area contributed by atoms with E-state index in [1.807, 2.05) is 0 Å². The smallest absolute Gasteiger partial charge is 0.279 e. The van der Waals surface area contributed by atoms with Gasteiger partial charge >= 0.3 is 6.18 Å². The molecule has 0 saturated heterocycles. The lowest BCUT2D eigenvalue weighted by molar-refractivity contribution is -0.137. The van der Waals surface area contributed by atoms with Crippen molar-refractivity contribution in [3.05, 3.63) is 52.5 Å². The highest BCUT2D eigenvalue weighted by atomic mass is 35.5. The van der Waals surface area contributed by atoms with Crippen molar-refractivity contribution in [1.29, 1.82) is 0 Å². The van der Waals surface area contributed by atoms with Gasteiger partial charge in [0.25, 0.3) is 10.0 Å². The first kappa shape index (κ1) is 22.5. The zero-order chi connectivity index (χ0) is 21.5. The second-order valence-electron chi connectivity index (χ2n) is 6.01. The molecule has 6 nitrogen and oxygen atoms in total. The lowest BCUT2D eigenvalue weighted by atomic mass is 10.2. The third kappa shape index (κ3) is 4.59. The van der Waals surface area contributed by atoms with Gasteiger partial charge in [0.05, 0.1) is 21.2 Å². The zero-order valence-corrected chi connectivity index (χ0v) is 17.3. The third-order valence-corrected chi connectivity index (χ3v) is 7.44. The molecule has 0 radical (unpaired) electrons. The molecule has 0 bridgehead atoms. The minimum Gasteiger partial charge on any atom is -0.279 e. The molecular formula is C16H16ClF3N2O4S2. The number of halogens is 4. The molecule has 0 aliphatic carbocycles. The Hall–Kier alpha value is -1.82. The van der Waals surface area contributed by atoms with Crippen LogP contribution < -0.4 is 4.72 Å². The van der Waals surface area contributed by atoms with E-state index in [4.69, 9.17) is 11.6 Å². The van der Waals surface area contributed by atoms with Crippen LogP contribution in [0.15, 0.2) is 46.2 Å². The van der Waals surface area contributed by atoms with Crippen molar-refractivity contribution in [2.45, 2.75) is 22.9 Å². The summed E-state index contributed by atoms with van der Waals surface area (Å²) in [6.45, 7) is 1.51. The number of sulfonamides is 2. The van der Waals surface area contributed by atoms with E-state index in [1.54, 1.807) is 0 Å². The molecule has 2 aromatic rings. The second kappa shape index (κ2) is 7.54. The Morgan fingerprint density at radius 2 is 1.61 bits per heavy atom. The summed E-state index contributed by atoms with van der Waals surface area (Å²) in [5.41, 5.74) is -0.918. The Labute approximate surface area is 166 Å². The van der Waals surface area contributed by atoms with Gasteiger partial charge in [0.2, 0.25) is 10.0 Å². The van der Waals surface area contributed by atoms with Crippen LogP contribution >= 0.6 is 11.6 Å². The van der Waals surface area contributed by atoms with E-state index in [1.165, 1.54) is 33.2 Å². The second-order valence-corrected chi connectivity index (χ2v) is 10.2. The number of hydrogen-bond donors (Lipinski definition) is 1. The fourth-order valence-electron chi connectivity index (χ4n) is 2.17. The molecule has 0 amide bonds. The Bertz CT molecular complexity index is 1120. The summed E-state index contributed by atoms with van der Waals surface area (Å²) >= 11 is 5.79. The molecule has 0 saturated carbocycles. The van der Waals surface area contributed by atoms with Gasteiger partial charge < -0.3 is 0 Å². The van der Waals surface area contributed by atoms with Gasteiger partial charge in [0.1, 0.15) is 4.90 Å². The lowest BCUT2D eigenvalue weighted by Gasteiger charge is -2.16. The van der Waals surface area contributed by atoms with E-state index in [9.17, 15) is 30.0 Å². The predicted molar refractivity (Wildman–Crippen MR) is 99.3 cm³/mol. The largest absolute Gasteiger partial charge is 0.416 e. The standard InChI is InChI=1S/C16H16ClF3N2O4S2/c1-10-4-6-12(28(25,26)22(2)3)9-14(10)21-27(23,24)15-8-11(16(18,19)20)5-7-13(15)17/h4-9,21H,1-3H3. The molecular weight excluding hydrogens is 441 g/mol. The molecule has 0 unspecified atom stereocenters. The highest BCUT2D eigenvalue weighted by Crippen LogP contribution is 2.34. The maximum atomic E-state index is 12.9. The van der Waals surface area contributed by atoms with Crippen LogP contribution in [0.2, 0.25) is 5.02 Å². The first-order valence-electron chi connectivity index (χ1n) is 7.59. The molecule has 0 atom stereocenters. The van der Waals surface area contributed by atoms with Crippen LogP contribution in [0.1, 0.15) is 11.1 Å². The number of nitrogens with one attached hydrogen (secondary N) is 1. The van der Waals surface area contributed by atoms with Gasteiger partial charge in [0, 0.05) is 14.1 Å². The van der Waals surface area contributed by atoms with Crippen LogP contribution in [0.4, 0.5) is 18.9 Å². The van der Waals surface area contributed by atoms with Crippen molar-refractivity contribution in [2.24, 2.45) is 0 Å². The average Bonchev–Trinajstić information content (AvgIpc) is 2.55. The van der Waals surface area contributed by atoms with Crippen LogP contribution in [-0.4, -0.2) is 35.2 Å². The number of alkyl halides is 3. The highest BCUT2D eigenvalue weighted by Gasteiger charge is 2.33. The van der Waals surface area contributed by atoms with Crippen LogP contribution in [0.5, 0.6) is 0 Å². The molecule has 0 aromatic heterocycles. The first-order valence-corrected chi connectivity index (χ1v) is 10.9.